The van der Waals surface area contributed by atoms with Gasteiger partial charge >= 0.3 is 7.32 Å². The van der Waals surface area contributed by atoms with E-state index in [-0.39, 0.29) is 24.0 Å². The van der Waals surface area contributed by atoms with Gasteiger partial charge in [-0.2, -0.15) is 11.3 Å². The Labute approximate surface area is 127 Å². The van der Waals surface area contributed by atoms with Gasteiger partial charge in [0.2, 0.25) is 5.91 Å². The fourth-order valence-corrected chi connectivity index (χ4v) is 3.76. The van der Waals surface area contributed by atoms with Gasteiger partial charge in [0, 0.05) is 6.42 Å². The van der Waals surface area contributed by atoms with Crippen molar-refractivity contribution in [3.05, 3.63) is 22.4 Å². The molecule has 6 nitrogen and oxygen atoms in total. The average Bonchev–Trinajstić information content (AvgIpc) is 3.14. The van der Waals surface area contributed by atoms with Crippen molar-refractivity contribution in [3.63, 3.8) is 0 Å². The van der Waals surface area contributed by atoms with Crippen LogP contribution in [0.3, 0.4) is 0 Å². The zero-order valence-electron chi connectivity index (χ0n) is 11.5. The van der Waals surface area contributed by atoms with Gasteiger partial charge in [-0.25, -0.2) is 0 Å². The van der Waals surface area contributed by atoms with E-state index in [1.54, 1.807) is 11.3 Å². The van der Waals surface area contributed by atoms with Crippen molar-refractivity contribution in [1.82, 2.24) is 5.32 Å². The highest BCUT2D eigenvalue weighted by Crippen LogP contribution is 2.38. The SMILES string of the molecule is O=C(N[C@@H](Cc1ccsc1)OB(O)O)[C@@H]1C[C@H]2CC[C@@H]1O2. The van der Waals surface area contributed by atoms with E-state index in [1.807, 2.05) is 16.8 Å². The van der Waals surface area contributed by atoms with Gasteiger partial charge in [0.1, 0.15) is 6.23 Å². The maximum atomic E-state index is 12.3. The van der Waals surface area contributed by atoms with Crippen LogP contribution < -0.4 is 5.32 Å². The van der Waals surface area contributed by atoms with Gasteiger partial charge in [-0.15, -0.1) is 0 Å². The predicted octanol–water partition coefficient (Wildman–Crippen LogP) is 0.286. The lowest BCUT2D eigenvalue weighted by Gasteiger charge is -2.23. The number of carbonyl (C=O) groups is 1. The number of rotatable bonds is 6. The lowest BCUT2D eigenvalue weighted by Crippen LogP contribution is -2.46. The third kappa shape index (κ3) is 3.64. The summed E-state index contributed by atoms with van der Waals surface area (Å²) in [5.41, 5.74) is 0.982. The summed E-state index contributed by atoms with van der Waals surface area (Å²) in [4.78, 5) is 12.3. The van der Waals surface area contributed by atoms with E-state index in [4.69, 9.17) is 19.4 Å². The van der Waals surface area contributed by atoms with Crippen LogP contribution in [0.4, 0.5) is 0 Å². The second-order valence-corrected chi connectivity index (χ2v) is 6.29. The normalized spacial score (nSPS) is 28.6. The molecule has 21 heavy (non-hydrogen) atoms. The number of nitrogens with one attached hydrogen (secondary N) is 1. The molecule has 0 spiro atoms. The van der Waals surface area contributed by atoms with E-state index < -0.39 is 13.5 Å². The van der Waals surface area contributed by atoms with Crippen molar-refractivity contribution < 1.29 is 24.2 Å². The van der Waals surface area contributed by atoms with Crippen LogP contribution in [0.1, 0.15) is 24.8 Å². The Morgan fingerprint density at radius 2 is 2.43 bits per heavy atom. The quantitative estimate of drug-likeness (QED) is 0.519. The van der Waals surface area contributed by atoms with Crippen molar-refractivity contribution in [3.8, 4) is 0 Å². The van der Waals surface area contributed by atoms with Gasteiger partial charge in [0.05, 0.1) is 18.1 Å². The Kier molecular flexibility index (Phi) is 4.61. The summed E-state index contributed by atoms with van der Waals surface area (Å²) >= 11 is 1.54. The van der Waals surface area contributed by atoms with Crippen LogP contribution in [0.15, 0.2) is 16.8 Å². The minimum absolute atomic E-state index is 0.00384. The fourth-order valence-electron chi connectivity index (χ4n) is 3.08. The van der Waals surface area contributed by atoms with E-state index in [9.17, 15) is 4.79 Å². The first-order valence-electron chi connectivity index (χ1n) is 7.10. The molecular weight excluding hydrogens is 293 g/mol. The molecule has 0 radical (unpaired) electrons. The Morgan fingerprint density at radius 1 is 1.57 bits per heavy atom. The summed E-state index contributed by atoms with van der Waals surface area (Å²) in [6, 6.07) is 1.91. The van der Waals surface area contributed by atoms with Crippen molar-refractivity contribution in [1.29, 1.82) is 0 Å². The smallest absolute Gasteiger partial charge is 0.402 e. The summed E-state index contributed by atoms with van der Waals surface area (Å²) in [7, 11) is -1.91. The molecule has 3 N–H and O–H groups in total. The first-order valence-corrected chi connectivity index (χ1v) is 8.04. The number of thiophene rings is 1. The molecule has 114 valence electrons. The van der Waals surface area contributed by atoms with Gasteiger partial charge < -0.3 is 24.8 Å². The number of fused-ring (bicyclic) bond motifs is 2. The third-order valence-corrected chi connectivity index (χ3v) is 4.77. The van der Waals surface area contributed by atoms with Crippen LogP contribution in [0.5, 0.6) is 0 Å². The standard InChI is InChI=1S/C13H18BNO5S/c16-13(10-6-9-1-2-11(10)19-9)15-12(20-14(17)18)5-8-3-4-21-7-8/h3-4,7,9-12,17-18H,1-2,5-6H2,(H,15,16)/t9-,10-,11+,12-/m1/s1. The Morgan fingerprint density at radius 3 is 3.00 bits per heavy atom. The minimum Gasteiger partial charge on any atom is -0.402 e. The van der Waals surface area contributed by atoms with E-state index in [2.05, 4.69) is 5.32 Å². The first-order chi connectivity index (χ1) is 10.1. The van der Waals surface area contributed by atoms with Crippen molar-refractivity contribution >= 4 is 24.6 Å². The molecule has 2 aliphatic rings. The maximum absolute atomic E-state index is 12.3. The number of ether oxygens (including phenoxy) is 1. The van der Waals surface area contributed by atoms with Gasteiger partial charge in [-0.1, -0.05) is 0 Å². The molecule has 0 saturated carbocycles. The molecule has 2 fully saturated rings. The molecule has 0 aliphatic carbocycles. The molecule has 2 bridgehead atoms. The Hall–Kier alpha value is -0.925. The monoisotopic (exact) mass is 311 g/mol. The topological polar surface area (TPSA) is 88.0 Å². The predicted molar refractivity (Wildman–Crippen MR) is 77.2 cm³/mol. The van der Waals surface area contributed by atoms with E-state index in [1.165, 1.54) is 0 Å². The van der Waals surface area contributed by atoms with Crippen molar-refractivity contribution in [2.24, 2.45) is 5.92 Å². The highest BCUT2D eigenvalue weighted by atomic mass is 32.1. The largest absolute Gasteiger partial charge is 0.635 e. The van der Waals surface area contributed by atoms with Crippen LogP contribution in [-0.2, 0) is 20.6 Å². The van der Waals surface area contributed by atoms with Crippen LogP contribution in [-0.4, -0.2) is 41.7 Å². The number of carbonyl (C=O) groups excluding carboxylic acids is 1. The highest BCUT2D eigenvalue weighted by molar-refractivity contribution is 7.07. The van der Waals surface area contributed by atoms with Crippen molar-refractivity contribution in [2.75, 3.05) is 0 Å². The van der Waals surface area contributed by atoms with Gasteiger partial charge in [-0.3, -0.25) is 4.79 Å². The summed E-state index contributed by atoms with van der Waals surface area (Å²) < 4.78 is 10.7. The summed E-state index contributed by atoms with van der Waals surface area (Å²) in [5.74, 6) is -0.295. The molecule has 4 atom stereocenters. The van der Waals surface area contributed by atoms with Gasteiger partial charge in [0.15, 0.2) is 0 Å². The second kappa shape index (κ2) is 6.45. The lowest BCUT2D eigenvalue weighted by molar-refractivity contribution is -0.129. The summed E-state index contributed by atoms with van der Waals surface area (Å²) in [6.07, 6.45) is 2.52. The molecule has 2 saturated heterocycles. The molecule has 8 heteroatoms. The fraction of sp³-hybridized carbons (Fsp3) is 0.615. The van der Waals surface area contributed by atoms with E-state index >= 15 is 0 Å². The molecule has 0 unspecified atom stereocenters. The number of hydrogen-bond acceptors (Lipinski definition) is 6. The lowest BCUT2D eigenvalue weighted by atomic mass is 9.88. The molecule has 1 aromatic rings. The molecule has 1 aromatic heterocycles. The minimum atomic E-state index is -1.91. The Bertz CT molecular complexity index is 483. The number of hydrogen-bond donors (Lipinski definition) is 3. The van der Waals surface area contributed by atoms with E-state index in [0.717, 1.165) is 24.8 Å². The molecule has 2 aliphatic heterocycles. The van der Waals surface area contributed by atoms with Crippen LogP contribution >= 0.6 is 11.3 Å². The van der Waals surface area contributed by atoms with Crippen LogP contribution in [0.2, 0.25) is 0 Å². The van der Waals surface area contributed by atoms with E-state index in [0.29, 0.717) is 6.42 Å². The maximum Gasteiger partial charge on any atom is 0.635 e. The molecular formula is C13H18BNO5S. The zero-order chi connectivity index (χ0) is 14.8. The Balaban J connectivity index is 1.59. The van der Waals surface area contributed by atoms with Crippen LogP contribution in [0.25, 0.3) is 0 Å². The summed E-state index contributed by atoms with van der Waals surface area (Å²) in [5, 5.41) is 24.6. The zero-order valence-corrected chi connectivity index (χ0v) is 12.3. The van der Waals surface area contributed by atoms with Crippen LogP contribution in [0, 0.1) is 5.92 Å². The van der Waals surface area contributed by atoms with Gasteiger partial charge in [0.25, 0.3) is 0 Å². The molecule has 0 aromatic carbocycles. The molecule has 3 heterocycles. The second-order valence-electron chi connectivity index (χ2n) is 5.51. The first kappa shape index (κ1) is 15.0. The number of amides is 1. The molecule has 3 rings (SSSR count). The average molecular weight is 311 g/mol. The van der Waals surface area contributed by atoms with Crippen molar-refractivity contribution in [2.45, 2.75) is 44.1 Å². The highest BCUT2D eigenvalue weighted by Gasteiger charge is 2.44. The summed E-state index contributed by atoms with van der Waals surface area (Å²) in [6.45, 7) is 0. The van der Waals surface area contributed by atoms with Gasteiger partial charge in [-0.05, 0) is 41.7 Å². The molecule has 1 amide bonds. The third-order valence-electron chi connectivity index (χ3n) is 4.03.